The van der Waals surface area contributed by atoms with Crippen LogP contribution in [0.3, 0.4) is 0 Å². The van der Waals surface area contributed by atoms with Gasteiger partial charge in [-0.1, -0.05) is 12.1 Å². The molecule has 2 aliphatic heterocycles. The van der Waals surface area contributed by atoms with Crippen molar-refractivity contribution < 1.29 is 28.9 Å². The van der Waals surface area contributed by atoms with Crippen molar-refractivity contribution in [3.05, 3.63) is 60.0 Å². The lowest BCUT2D eigenvalue weighted by Gasteiger charge is -2.34. The van der Waals surface area contributed by atoms with E-state index in [1.54, 1.807) is 25.5 Å². The molecule has 5 N–H and O–H groups in total. The fourth-order valence-electron chi connectivity index (χ4n) is 5.52. The zero-order valence-electron chi connectivity index (χ0n) is 23.6. The highest BCUT2D eigenvalue weighted by atomic mass is 16.5. The van der Waals surface area contributed by atoms with Gasteiger partial charge in [-0.2, -0.15) is 0 Å². The number of H-pyrrole nitrogens is 1. The molecule has 2 aromatic heterocycles. The van der Waals surface area contributed by atoms with Gasteiger partial charge in [0, 0.05) is 48.7 Å². The molecule has 0 radical (unpaired) electrons. The Bertz CT molecular complexity index is 1410. The average molecular weight is 565 g/mol. The van der Waals surface area contributed by atoms with Crippen molar-refractivity contribution >= 4 is 27.8 Å². The van der Waals surface area contributed by atoms with Gasteiger partial charge in [-0.05, 0) is 69.1 Å². The van der Waals surface area contributed by atoms with Crippen molar-refractivity contribution in [2.45, 2.75) is 44.4 Å². The second-order valence-corrected chi connectivity index (χ2v) is 10.8. The summed E-state index contributed by atoms with van der Waals surface area (Å²) in [7, 11) is 1.61. The van der Waals surface area contributed by atoms with Crippen LogP contribution in [0.15, 0.2) is 53.1 Å². The van der Waals surface area contributed by atoms with E-state index in [0.29, 0.717) is 17.3 Å². The molecular formula is C31H40N4O6. The first kappa shape index (κ1) is 28.9. The second kappa shape index (κ2) is 13.4. The number of aliphatic hydroxyl groups excluding tert-OH is 1. The zero-order valence-corrected chi connectivity index (χ0v) is 23.6. The van der Waals surface area contributed by atoms with Gasteiger partial charge in [-0.3, -0.25) is 0 Å². The van der Waals surface area contributed by atoms with E-state index < -0.39 is 5.97 Å². The van der Waals surface area contributed by atoms with Gasteiger partial charge in [0.25, 0.3) is 0 Å². The Labute approximate surface area is 239 Å². The molecule has 10 nitrogen and oxygen atoms in total. The summed E-state index contributed by atoms with van der Waals surface area (Å²) in [6.07, 6.45) is 5.80. The minimum Gasteiger partial charge on any atom is -0.496 e. The number of nitrogens with two attached hydrogens (primary N) is 1. The van der Waals surface area contributed by atoms with Gasteiger partial charge < -0.3 is 44.6 Å². The number of hydrogen-bond acceptors (Lipinski definition) is 8. The number of likely N-dealkylation sites (tertiary alicyclic amines) is 2. The van der Waals surface area contributed by atoms with Gasteiger partial charge in [0.1, 0.15) is 29.4 Å². The first-order valence-corrected chi connectivity index (χ1v) is 14.3. The lowest BCUT2D eigenvalue weighted by molar-refractivity contribution is 0.0691. The molecule has 4 heterocycles. The quantitative estimate of drug-likeness (QED) is 0.250. The van der Waals surface area contributed by atoms with E-state index in [1.807, 2.05) is 30.3 Å². The van der Waals surface area contributed by atoms with E-state index in [9.17, 15) is 9.90 Å². The minimum absolute atomic E-state index is 0.0516. The van der Waals surface area contributed by atoms with Crippen molar-refractivity contribution in [3.63, 3.8) is 0 Å². The number of nitrogens with one attached hydrogen (secondary N) is 1. The summed E-state index contributed by atoms with van der Waals surface area (Å²) in [5.74, 6) is 0.316. The van der Waals surface area contributed by atoms with E-state index >= 15 is 0 Å². The van der Waals surface area contributed by atoms with Crippen LogP contribution in [0.5, 0.6) is 11.5 Å². The second-order valence-electron chi connectivity index (χ2n) is 10.8. The van der Waals surface area contributed by atoms with Gasteiger partial charge in [0.2, 0.25) is 0 Å². The van der Waals surface area contributed by atoms with Crippen molar-refractivity contribution in [2.24, 2.45) is 5.73 Å². The fraction of sp³-hybridized carbons (Fsp3) is 0.452. The molecule has 2 fully saturated rings. The number of piperidine rings is 2. The summed E-state index contributed by atoms with van der Waals surface area (Å²) in [4.78, 5) is 19.0. The molecule has 4 aromatic rings. The lowest BCUT2D eigenvalue weighted by Crippen LogP contribution is -2.45. The third kappa shape index (κ3) is 7.20. The van der Waals surface area contributed by atoms with Crippen LogP contribution in [-0.2, 0) is 6.61 Å². The maximum absolute atomic E-state index is 11.1. The third-order valence-corrected chi connectivity index (χ3v) is 8.02. The molecule has 0 aliphatic carbocycles. The van der Waals surface area contributed by atoms with E-state index in [-0.39, 0.29) is 18.4 Å². The molecule has 2 aromatic carbocycles. The summed E-state index contributed by atoms with van der Waals surface area (Å²) in [6.45, 7) is 7.06. The number of hydrogen-bond donors (Lipinski definition) is 4. The van der Waals surface area contributed by atoms with Crippen molar-refractivity contribution in [2.75, 3.05) is 46.4 Å². The first-order valence-electron chi connectivity index (χ1n) is 14.3. The van der Waals surface area contributed by atoms with Gasteiger partial charge in [0.05, 0.1) is 24.9 Å². The predicted molar refractivity (Wildman–Crippen MR) is 158 cm³/mol. The Morgan fingerprint density at radius 2 is 1.68 bits per heavy atom. The molecule has 2 aliphatic rings. The van der Waals surface area contributed by atoms with Crippen molar-refractivity contribution in [3.8, 4) is 11.5 Å². The number of carboxylic acid groups (broad SMARTS) is 1. The number of ether oxygens (including phenoxy) is 2. The maximum atomic E-state index is 11.1. The number of aromatic nitrogens is 1. The van der Waals surface area contributed by atoms with Crippen molar-refractivity contribution in [1.29, 1.82) is 0 Å². The highest BCUT2D eigenvalue weighted by molar-refractivity contribution is 5.96. The Morgan fingerprint density at radius 1 is 1.02 bits per heavy atom. The van der Waals surface area contributed by atoms with E-state index in [0.717, 1.165) is 86.1 Å². The number of fused-ring (bicyclic) bond motifs is 2. The number of rotatable bonds is 8. The first-order chi connectivity index (χ1) is 19.9. The van der Waals surface area contributed by atoms with Crippen LogP contribution in [-0.4, -0.2) is 89.5 Å². The SMILES string of the molecule is COc1cccc2occ(COc3cccc4[nH]c(C(=O)O)cc34)c12.NC1CCN(CCN2CCC(O)CC2)CC1. The number of aliphatic hydroxyl groups is 1. The third-order valence-electron chi connectivity index (χ3n) is 8.02. The number of methoxy groups -OCH3 is 1. The molecule has 2 saturated heterocycles. The molecule has 0 amide bonds. The molecule has 220 valence electrons. The van der Waals surface area contributed by atoms with Gasteiger partial charge >= 0.3 is 5.97 Å². The highest BCUT2D eigenvalue weighted by Gasteiger charge is 2.20. The molecule has 10 heteroatoms. The van der Waals surface area contributed by atoms with Crippen LogP contribution < -0.4 is 15.2 Å². The lowest BCUT2D eigenvalue weighted by atomic mass is 10.1. The number of aromatic amines is 1. The Balaban J connectivity index is 0.000000182. The maximum Gasteiger partial charge on any atom is 0.352 e. The van der Waals surface area contributed by atoms with Crippen LogP contribution in [0, 0.1) is 0 Å². The Hall–Kier alpha value is -3.57. The largest absolute Gasteiger partial charge is 0.496 e. The van der Waals surface area contributed by atoms with Gasteiger partial charge in [0.15, 0.2) is 0 Å². The number of carboxylic acids is 1. The summed E-state index contributed by atoms with van der Waals surface area (Å²) < 4.78 is 16.9. The van der Waals surface area contributed by atoms with E-state index in [4.69, 9.17) is 24.7 Å². The fourth-order valence-corrected chi connectivity index (χ4v) is 5.52. The predicted octanol–water partition coefficient (Wildman–Crippen LogP) is 4.07. The van der Waals surface area contributed by atoms with Crippen LogP contribution in [0.25, 0.3) is 21.9 Å². The monoisotopic (exact) mass is 564 g/mol. The Morgan fingerprint density at radius 3 is 2.37 bits per heavy atom. The molecule has 41 heavy (non-hydrogen) atoms. The van der Waals surface area contributed by atoms with Crippen molar-refractivity contribution in [1.82, 2.24) is 14.8 Å². The summed E-state index contributed by atoms with van der Waals surface area (Å²) in [6, 6.07) is 13.0. The molecule has 0 saturated carbocycles. The van der Waals surface area contributed by atoms with E-state index in [2.05, 4.69) is 14.8 Å². The van der Waals surface area contributed by atoms with Gasteiger partial charge in [-0.15, -0.1) is 0 Å². The van der Waals surface area contributed by atoms with E-state index in [1.165, 1.54) is 6.54 Å². The van der Waals surface area contributed by atoms with Crippen LogP contribution in [0.1, 0.15) is 41.7 Å². The summed E-state index contributed by atoms with van der Waals surface area (Å²) in [5, 5.41) is 20.2. The zero-order chi connectivity index (χ0) is 28.8. The molecule has 0 bridgehead atoms. The minimum atomic E-state index is -1.01. The summed E-state index contributed by atoms with van der Waals surface area (Å²) in [5.41, 5.74) is 8.31. The van der Waals surface area contributed by atoms with Crippen LogP contribution >= 0.6 is 0 Å². The number of benzene rings is 2. The van der Waals surface area contributed by atoms with Crippen LogP contribution in [0.4, 0.5) is 0 Å². The van der Waals surface area contributed by atoms with Gasteiger partial charge in [-0.25, -0.2) is 4.79 Å². The molecule has 0 atom stereocenters. The average Bonchev–Trinajstić information content (AvgIpc) is 3.62. The topological polar surface area (TPSA) is 137 Å². The number of furan rings is 1. The number of aromatic carboxylic acids is 1. The highest BCUT2D eigenvalue weighted by Crippen LogP contribution is 2.32. The molecule has 0 unspecified atom stereocenters. The molecule has 6 rings (SSSR count). The Kier molecular flexibility index (Phi) is 9.45. The summed E-state index contributed by atoms with van der Waals surface area (Å²) >= 11 is 0. The smallest absolute Gasteiger partial charge is 0.352 e. The standard InChI is InChI=1S/C19H15NO5.C12H25N3O/c1-23-16-6-3-7-17-18(16)11(10-25-17)9-24-15-5-2-4-13-12(15)8-14(20-13)19(21)22;13-11-1-5-14(6-2-11)9-10-15-7-3-12(16)4-8-15/h2-8,10,20H,9H2,1H3,(H,21,22);11-12,16H,1-10,13H2. The molecule has 0 spiro atoms. The number of carbonyl (C=O) groups is 1. The normalized spacial score (nSPS) is 17.4. The number of nitrogens with zero attached hydrogens (tertiary/aromatic N) is 2. The van der Waals surface area contributed by atoms with Crippen LogP contribution in [0.2, 0.25) is 0 Å². The molecular weight excluding hydrogens is 524 g/mol.